The zero-order valence-corrected chi connectivity index (χ0v) is 9.65. The highest BCUT2D eigenvalue weighted by Crippen LogP contribution is 2.25. The topological polar surface area (TPSA) is 91.4 Å². The van der Waals surface area contributed by atoms with Gasteiger partial charge < -0.3 is 5.73 Å². The number of hydrogen-bond donors (Lipinski definition) is 3. The van der Waals surface area contributed by atoms with Crippen LogP contribution in [0.15, 0.2) is 35.8 Å². The average molecular weight is 243 g/mol. The van der Waals surface area contributed by atoms with Crippen LogP contribution in [0, 0.1) is 11.3 Å². The third-order valence-corrected chi connectivity index (χ3v) is 2.58. The fourth-order valence-electron chi connectivity index (χ4n) is 1.40. The summed E-state index contributed by atoms with van der Waals surface area (Å²) in [5.74, 6) is 0. The summed E-state index contributed by atoms with van der Waals surface area (Å²) < 4.78 is 0. The van der Waals surface area contributed by atoms with E-state index in [2.05, 4.69) is 27.8 Å². The Morgan fingerprint density at radius 2 is 2.29 bits per heavy atom. The number of nitriles is 1. The molecule has 0 aliphatic carbocycles. The van der Waals surface area contributed by atoms with Gasteiger partial charge >= 0.3 is 0 Å². The fourth-order valence-corrected chi connectivity index (χ4v) is 1.71. The third-order valence-electron chi connectivity index (χ3n) is 2.24. The van der Waals surface area contributed by atoms with Gasteiger partial charge in [0.05, 0.1) is 17.5 Å². The molecule has 0 bridgehead atoms. The molecule has 0 aliphatic heterocycles. The van der Waals surface area contributed by atoms with Crippen molar-refractivity contribution in [3.05, 3.63) is 36.6 Å². The molecular weight excluding hydrogens is 234 g/mol. The maximum Gasteiger partial charge on any atom is 0.103 e. The molecule has 2 aromatic rings. The van der Waals surface area contributed by atoms with Gasteiger partial charge in [0.25, 0.3) is 0 Å². The minimum atomic E-state index is 0.300. The molecule has 2 rings (SSSR count). The second-order valence-corrected chi connectivity index (χ2v) is 3.75. The summed E-state index contributed by atoms with van der Waals surface area (Å²) >= 11 is 4.31. The number of allylic oxidation sites excluding steroid dienone is 1. The summed E-state index contributed by atoms with van der Waals surface area (Å²) in [5, 5.41) is 15.4. The molecular formula is C11H9N5S. The van der Waals surface area contributed by atoms with Crippen molar-refractivity contribution in [2.45, 2.75) is 4.90 Å². The maximum atomic E-state index is 8.87. The zero-order chi connectivity index (χ0) is 12.3. The molecule has 0 amide bonds. The molecule has 84 valence electrons. The first-order valence-corrected chi connectivity index (χ1v) is 5.21. The molecule has 0 aliphatic rings. The van der Waals surface area contributed by atoms with Crippen LogP contribution in [-0.2, 0) is 0 Å². The van der Waals surface area contributed by atoms with Crippen molar-refractivity contribution in [1.82, 2.24) is 15.2 Å². The smallest absolute Gasteiger partial charge is 0.103 e. The highest BCUT2D eigenvalue weighted by molar-refractivity contribution is 7.80. The molecule has 0 aromatic carbocycles. The molecule has 17 heavy (non-hydrogen) atoms. The Bertz CT molecular complexity index is 595. The van der Waals surface area contributed by atoms with E-state index >= 15 is 0 Å². The van der Waals surface area contributed by atoms with Gasteiger partial charge in [-0.1, -0.05) is 0 Å². The van der Waals surface area contributed by atoms with E-state index in [0.717, 1.165) is 11.1 Å². The van der Waals surface area contributed by atoms with Gasteiger partial charge in [0.2, 0.25) is 0 Å². The second kappa shape index (κ2) is 4.72. The van der Waals surface area contributed by atoms with E-state index in [0.29, 0.717) is 16.2 Å². The molecule has 0 radical (unpaired) electrons. The van der Waals surface area contributed by atoms with Crippen LogP contribution in [0.5, 0.6) is 0 Å². The van der Waals surface area contributed by atoms with Gasteiger partial charge in [0, 0.05) is 34.6 Å². The average Bonchev–Trinajstić information content (AvgIpc) is 2.86. The molecule has 5 nitrogen and oxygen atoms in total. The van der Waals surface area contributed by atoms with Crippen molar-refractivity contribution >= 4 is 18.2 Å². The number of nitrogens with one attached hydrogen (secondary N) is 1. The van der Waals surface area contributed by atoms with Crippen molar-refractivity contribution in [1.29, 1.82) is 5.26 Å². The minimum Gasteiger partial charge on any atom is -0.403 e. The highest BCUT2D eigenvalue weighted by atomic mass is 32.1. The first-order valence-electron chi connectivity index (χ1n) is 4.76. The summed E-state index contributed by atoms with van der Waals surface area (Å²) in [5.41, 5.74) is 7.91. The predicted octanol–water partition coefficient (Wildman–Crippen LogP) is 1.58. The fraction of sp³-hybridized carbons (Fsp3) is 0. The number of pyridine rings is 1. The first-order chi connectivity index (χ1) is 8.26. The minimum absolute atomic E-state index is 0.300. The first kappa shape index (κ1) is 11.2. The number of nitrogens with two attached hydrogens (primary N) is 1. The molecule has 0 atom stereocenters. The third kappa shape index (κ3) is 2.14. The van der Waals surface area contributed by atoms with Gasteiger partial charge in [-0.05, 0) is 6.07 Å². The van der Waals surface area contributed by atoms with Gasteiger partial charge in [-0.2, -0.15) is 10.4 Å². The van der Waals surface area contributed by atoms with Crippen LogP contribution in [-0.4, -0.2) is 15.2 Å². The number of hydrogen-bond acceptors (Lipinski definition) is 5. The SMILES string of the molecule is N#C/C(=C/N)c1ncc(-c2cn[nH]c2)cc1S. The number of aromatic amines is 1. The van der Waals surface area contributed by atoms with Crippen molar-refractivity contribution in [2.24, 2.45) is 5.73 Å². The van der Waals surface area contributed by atoms with Crippen LogP contribution in [0.4, 0.5) is 0 Å². The summed E-state index contributed by atoms with van der Waals surface area (Å²) in [6.45, 7) is 0. The monoisotopic (exact) mass is 243 g/mol. The lowest BCUT2D eigenvalue weighted by atomic mass is 10.1. The molecule has 0 saturated carbocycles. The van der Waals surface area contributed by atoms with E-state index in [-0.39, 0.29) is 0 Å². The predicted molar refractivity (Wildman–Crippen MR) is 66.8 cm³/mol. The summed E-state index contributed by atoms with van der Waals surface area (Å²) in [4.78, 5) is 4.79. The van der Waals surface area contributed by atoms with Crippen molar-refractivity contribution in [3.8, 4) is 17.2 Å². The normalized spacial score (nSPS) is 11.2. The van der Waals surface area contributed by atoms with Crippen LogP contribution in [0.25, 0.3) is 16.7 Å². The van der Waals surface area contributed by atoms with E-state index in [1.54, 1.807) is 18.6 Å². The van der Waals surface area contributed by atoms with Crippen LogP contribution in [0.1, 0.15) is 5.69 Å². The summed E-state index contributed by atoms with van der Waals surface area (Å²) in [7, 11) is 0. The summed E-state index contributed by atoms with van der Waals surface area (Å²) in [6, 6.07) is 3.79. The van der Waals surface area contributed by atoms with Gasteiger partial charge in [0.15, 0.2) is 0 Å². The Labute approximate surface area is 103 Å². The second-order valence-electron chi connectivity index (χ2n) is 3.27. The molecule has 3 N–H and O–H groups in total. The molecule has 6 heteroatoms. The number of thiol groups is 1. The molecule has 0 saturated heterocycles. The Balaban J connectivity index is 2.47. The van der Waals surface area contributed by atoms with E-state index in [9.17, 15) is 0 Å². The van der Waals surface area contributed by atoms with Crippen LogP contribution in [0.3, 0.4) is 0 Å². The zero-order valence-electron chi connectivity index (χ0n) is 8.75. The van der Waals surface area contributed by atoms with E-state index in [1.807, 2.05) is 12.1 Å². The molecule has 2 heterocycles. The largest absolute Gasteiger partial charge is 0.403 e. The van der Waals surface area contributed by atoms with Crippen LogP contribution < -0.4 is 5.73 Å². The number of H-pyrrole nitrogens is 1. The lowest BCUT2D eigenvalue weighted by Crippen LogP contribution is -1.93. The summed E-state index contributed by atoms with van der Waals surface area (Å²) in [6.07, 6.45) is 6.32. The Kier molecular flexibility index (Phi) is 3.12. The molecule has 0 spiro atoms. The van der Waals surface area contributed by atoms with Gasteiger partial charge in [-0.15, -0.1) is 12.6 Å². The van der Waals surface area contributed by atoms with Gasteiger partial charge in [-0.3, -0.25) is 10.1 Å². The highest BCUT2D eigenvalue weighted by Gasteiger charge is 2.08. The van der Waals surface area contributed by atoms with E-state index < -0.39 is 0 Å². The Morgan fingerprint density at radius 1 is 1.47 bits per heavy atom. The van der Waals surface area contributed by atoms with Crippen molar-refractivity contribution in [3.63, 3.8) is 0 Å². The lowest BCUT2D eigenvalue weighted by molar-refractivity contribution is 1.09. The van der Waals surface area contributed by atoms with Crippen molar-refractivity contribution in [2.75, 3.05) is 0 Å². The Morgan fingerprint density at radius 3 is 2.82 bits per heavy atom. The van der Waals surface area contributed by atoms with E-state index in [4.69, 9.17) is 11.0 Å². The quantitative estimate of drug-likeness (QED) is 0.551. The van der Waals surface area contributed by atoms with Crippen LogP contribution >= 0.6 is 12.6 Å². The number of aromatic nitrogens is 3. The van der Waals surface area contributed by atoms with Gasteiger partial charge in [-0.25, -0.2) is 0 Å². The van der Waals surface area contributed by atoms with Crippen molar-refractivity contribution < 1.29 is 0 Å². The lowest BCUT2D eigenvalue weighted by Gasteiger charge is -2.04. The van der Waals surface area contributed by atoms with E-state index in [1.165, 1.54) is 6.20 Å². The van der Waals surface area contributed by atoms with Crippen LogP contribution in [0.2, 0.25) is 0 Å². The number of nitrogens with zero attached hydrogens (tertiary/aromatic N) is 3. The standard InChI is InChI=1S/C11H9N5S/c12-2-8(3-13)11-10(17)1-7(4-14-11)9-5-15-16-6-9/h1-2,4-6,17H,12H2,(H,15,16)/b8-2-. The Hall–Kier alpha value is -2.26. The van der Waals surface area contributed by atoms with Gasteiger partial charge in [0.1, 0.15) is 6.07 Å². The maximum absolute atomic E-state index is 8.87. The number of rotatable bonds is 2. The molecule has 0 unspecified atom stereocenters. The molecule has 0 fully saturated rings. The molecule has 2 aromatic heterocycles.